The smallest absolute Gasteiger partial charge is 0.326 e. The Balaban J connectivity index is 1.77. The van der Waals surface area contributed by atoms with Gasteiger partial charge >= 0.3 is 5.97 Å². The highest BCUT2D eigenvalue weighted by molar-refractivity contribution is 5.86. The molecule has 0 radical (unpaired) electrons. The van der Waals surface area contributed by atoms with Crippen LogP contribution in [-0.2, 0) is 26.3 Å². The number of amides is 1. The van der Waals surface area contributed by atoms with Gasteiger partial charge in [0.25, 0.3) is 0 Å². The number of ether oxygens (including phenoxy) is 2. The van der Waals surface area contributed by atoms with E-state index in [4.69, 9.17) is 9.47 Å². The van der Waals surface area contributed by atoms with Gasteiger partial charge in [-0.15, -0.1) is 0 Å². The zero-order valence-electron chi connectivity index (χ0n) is 25.8. The summed E-state index contributed by atoms with van der Waals surface area (Å²) in [5.41, 5.74) is 2.69. The van der Waals surface area contributed by atoms with E-state index in [0.717, 1.165) is 36.1 Å². The molecule has 0 bridgehead atoms. The molecule has 224 valence electrons. The molecule has 0 aromatic heterocycles. The van der Waals surface area contributed by atoms with E-state index in [2.05, 4.69) is 59.0 Å². The van der Waals surface area contributed by atoms with Crippen molar-refractivity contribution in [3.05, 3.63) is 65.2 Å². The minimum atomic E-state index is -0.975. The highest BCUT2D eigenvalue weighted by Gasteiger charge is 2.57. The predicted octanol–water partition coefficient (Wildman–Crippen LogP) is 6.11. The van der Waals surface area contributed by atoms with Gasteiger partial charge in [-0.1, -0.05) is 84.0 Å². The van der Waals surface area contributed by atoms with E-state index in [-0.39, 0.29) is 35.8 Å². The van der Waals surface area contributed by atoms with Crippen LogP contribution in [0.4, 0.5) is 0 Å². The van der Waals surface area contributed by atoms with Gasteiger partial charge in [0, 0.05) is 30.7 Å². The molecule has 2 heterocycles. The van der Waals surface area contributed by atoms with E-state index >= 15 is 0 Å². The Morgan fingerprint density at radius 1 is 1.05 bits per heavy atom. The molecule has 1 unspecified atom stereocenters. The Hall–Kier alpha value is -2.90. The monoisotopic (exact) mass is 564 g/mol. The van der Waals surface area contributed by atoms with Crippen molar-refractivity contribution in [3.8, 4) is 5.75 Å². The van der Waals surface area contributed by atoms with Crippen LogP contribution in [-0.4, -0.2) is 53.8 Å². The summed E-state index contributed by atoms with van der Waals surface area (Å²) in [6, 6.07) is 14.4. The van der Waals surface area contributed by atoms with Crippen LogP contribution in [0.3, 0.4) is 0 Å². The van der Waals surface area contributed by atoms with Gasteiger partial charge in [0.05, 0.1) is 25.7 Å². The molecule has 1 amide bonds. The van der Waals surface area contributed by atoms with E-state index in [1.165, 1.54) is 5.56 Å². The van der Waals surface area contributed by atoms with E-state index in [0.29, 0.717) is 13.2 Å². The fourth-order valence-corrected chi connectivity index (χ4v) is 6.64. The van der Waals surface area contributed by atoms with E-state index < -0.39 is 23.5 Å². The number of carboxylic acids is 1. The first-order chi connectivity index (χ1) is 19.3. The summed E-state index contributed by atoms with van der Waals surface area (Å²) in [4.78, 5) is 28.8. The van der Waals surface area contributed by atoms with Crippen molar-refractivity contribution in [2.45, 2.75) is 103 Å². The minimum Gasteiger partial charge on any atom is -0.496 e. The number of benzene rings is 2. The summed E-state index contributed by atoms with van der Waals surface area (Å²) < 4.78 is 11.6. The third kappa shape index (κ3) is 6.95. The number of likely N-dealkylation sites (tertiary alicyclic amines) is 1. The van der Waals surface area contributed by atoms with Crippen molar-refractivity contribution in [2.24, 2.45) is 11.3 Å². The summed E-state index contributed by atoms with van der Waals surface area (Å²) in [5, 5.41) is 14.4. The quantitative estimate of drug-likeness (QED) is 0.402. The molecule has 7 nitrogen and oxygen atoms in total. The lowest BCUT2D eigenvalue weighted by molar-refractivity contribution is -0.153. The molecular weight excluding hydrogens is 516 g/mol. The maximum Gasteiger partial charge on any atom is 0.326 e. The number of carbonyl (C=O) groups excluding carboxylic acids is 1. The molecule has 2 aliphatic rings. The van der Waals surface area contributed by atoms with Gasteiger partial charge in [0.1, 0.15) is 11.8 Å². The van der Waals surface area contributed by atoms with Crippen LogP contribution in [0.1, 0.15) is 90.0 Å². The van der Waals surface area contributed by atoms with Gasteiger partial charge < -0.3 is 24.8 Å². The standard InChI is InChI=1S/C34H48N2O5/c1-33(2,3)24-16-17-26(40-7)23(19-24)21-35-29-28(34(4,5)6)31(32(38)39)36(30(29)22-13-9-8-10-14-22)27(37)20-25-15-11-12-18-41-25/h8-10,13-14,16-17,19,25,28-31,35H,11-12,15,18,20-21H2,1-7H3,(H,38,39)/t25?,28-,29-,30-,31-/m0/s1. The van der Waals surface area contributed by atoms with Crippen molar-refractivity contribution >= 4 is 11.9 Å². The topological polar surface area (TPSA) is 88.1 Å². The van der Waals surface area contributed by atoms with E-state index in [9.17, 15) is 14.7 Å². The molecule has 5 atom stereocenters. The molecule has 2 N–H and O–H groups in total. The van der Waals surface area contributed by atoms with Crippen LogP contribution in [0, 0.1) is 11.3 Å². The van der Waals surface area contributed by atoms with Gasteiger partial charge in [0.2, 0.25) is 5.91 Å². The Kier molecular flexibility index (Phi) is 9.49. The molecule has 41 heavy (non-hydrogen) atoms. The van der Waals surface area contributed by atoms with Crippen molar-refractivity contribution in [2.75, 3.05) is 13.7 Å². The SMILES string of the molecule is COc1ccc(C(C)(C)C)cc1CN[C@H]1[C@H](C(C)(C)C)[C@@H](C(=O)O)N(C(=O)CC2CCCCO2)[C@H]1c1ccccc1. The number of aliphatic carboxylic acids is 1. The highest BCUT2D eigenvalue weighted by Crippen LogP contribution is 2.48. The summed E-state index contributed by atoms with van der Waals surface area (Å²) in [6.07, 6.45) is 2.86. The van der Waals surface area contributed by atoms with Crippen molar-refractivity contribution in [3.63, 3.8) is 0 Å². The Labute approximate surface area is 245 Å². The lowest BCUT2D eigenvalue weighted by Gasteiger charge is -2.35. The van der Waals surface area contributed by atoms with E-state index in [1.807, 2.05) is 36.4 Å². The number of nitrogens with one attached hydrogen (secondary N) is 1. The summed E-state index contributed by atoms with van der Waals surface area (Å²) in [7, 11) is 1.67. The second kappa shape index (κ2) is 12.5. The second-order valence-electron chi connectivity index (χ2n) is 13.7. The van der Waals surface area contributed by atoms with Crippen LogP contribution >= 0.6 is 0 Å². The first-order valence-corrected chi connectivity index (χ1v) is 14.9. The number of hydrogen-bond donors (Lipinski definition) is 2. The molecule has 0 aliphatic carbocycles. The molecule has 2 aromatic carbocycles. The Morgan fingerprint density at radius 3 is 2.32 bits per heavy atom. The van der Waals surface area contributed by atoms with Gasteiger partial charge in [-0.3, -0.25) is 4.79 Å². The molecule has 2 aliphatic heterocycles. The zero-order chi connectivity index (χ0) is 29.9. The summed E-state index contributed by atoms with van der Waals surface area (Å²) in [5.74, 6) is -0.702. The third-order valence-corrected chi connectivity index (χ3v) is 8.70. The Bertz CT molecular complexity index is 1190. The summed E-state index contributed by atoms with van der Waals surface area (Å²) >= 11 is 0. The first kappa shape index (κ1) is 31.0. The lowest BCUT2D eigenvalue weighted by atomic mass is 9.72. The number of carboxylic acid groups (broad SMARTS) is 1. The normalized spacial score (nSPS) is 25.2. The van der Waals surface area contributed by atoms with Crippen LogP contribution < -0.4 is 10.1 Å². The first-order valence-electron chi connectivity index (χ1n) is 14.9. The zero-order valence-corrected chi connectivity index (χ0v) is 25.8. The van der Waals surface area contributed by atoms with Gasteiger partial charge in [-0.2, -0.15) is 0 Å². The molecule has 7 heteroatoms. The van der Waals surface area contributed by atoms with Crippen molar-refractivity contribution in [1.82, 2.24) is 10.2 Å². The predicted molar refractivity (Wildman–Crippen MR) is 161 cm³/mol. The van der Waals surface area contributed by atoms with Gasteiger partial charge in [-0.05, 0) is 47.3 Å². The van der Waals surface area contributed by atoms with Crippen LogP contribution in [0.25, 0.3) is 0 Å². The minimum absolute atomic E-state index is 0.0340. The summed E-state index contributed by atoms with van der Waals surface area (Å²) in [6.45, 7) is 13.9. The highest BCUT2D eigenvalue weighted by atomic mass is 16.5. The largest absolute Gasteiger partial charge is 0.496 e. The van der Waals surface area contributed by atoms with Crippen LogP contribution in [0.5, 0.6) is 5.75 Å². The van der Waals surface area contributed by atoms with Crippen LogP contribution in [0.15, 0.2) is 48.5 Å². The average Bonchev–Trinajstić information content (AvgIpc) is 3.28. The second-order valence-corrected chi connectivity index (χ2v) is 13.7. The number of rotatable bonds is 8. The van der Waals surface area contributed by atoms with Crippen molar-refractivity contribution < 1.29 is 24.2 Å². The molecular formula is C34H48N2O5. The van der Waals surface area contributed by atoms with Crippen LogP contribution in [0.2, 0.25) is 0 Å². The number of nitrogens with zero attached hydrogens (tertiary/aromatic N) is 1. The Morgan fingerprint density at radius 2 is 1.76 bits per heavy atom. The molecule has 2 saturated heterocycles. The van der Waals surface area contributed by atoms with E-state index in [1.54, 1.807) is 12.0 Å². The lowest BCUT2D eigenvalue weighted by Crippen LogP contribution is -2.48. The molecule has 0 saturated carbocycles. The number of methoxy groups -OCH3 is 1. The molecule has 2 aromatic rings. The maximum absolute atomic E-state index is 14.1. The van der Waals surface area contributed by atoms with Gasteiger partial charge in [-0.25, -0.2) is 4.79 Å². The van der Waals surface area contributed by atoms with Crippen molar-refractivity contribution in [1.29, 1.82) is 0 Å². The fraction of sp³-hybridized carbons (Fsp3) is 0.588. The average molecular weight is 565 g/mol. The fourth-order valence-electron chi connectivity index (χ4n) is 6.64. The van der Waals surface area contributed by atoms with Gasteiger partial charge in [0.15, 0.2) is 0 Å². The molecule has 2 fully saturated rings. The number of hydrogen-bond acceptors (Lipinski definition) is 5. The molecule has 0 spiro atoms. The maximum atomic E-state index is 14.1. The molecule has 4 rings (SSSR count). The number of carbonyl (C=O) groups is 2. The third-order valence-electron chi connectivity index (χ3n) is 8.70.